The number of amides is 1. The molecule has 7 nitrogen and oxygen atoms in total. The predicted octanol–water partition coefficient (Wildman–Crippen LogP) is 3.80. The van der Waals surface area contributed by atoms with Crippen LogP contribution in [0.15, 0.2) is 71.9 Å². The Morgan fingerprint density at radius 3 is 2.46 bits per heavy atom. The van der Waals surface area contributed by atoms with Crippen molar-refractivity contribution < 1.29 is 17.9 Å². The van der Waals surface area contributed by atoms with Crippen molar-refractivity contribution in [3.63, 3.8) is 0 Å². The van der Waals surface area contributed by atoms with Crippen LogP contribution in [-0.2, 0) is 10.0 Å². The molecule has 1 aromatic heterocycles. The molecule has 3 aromatic rings. The number of ether oxygens (including phenoxy) is 1. The van der Waals surface area contributed by atoms with Gasteiger partial charge in [0.25, 0.3) is 15.9 Å². The van der Waals surface area contributed by atoms with E-state index >= 15 is 0 Å². The monoisotopic (exact) mass is 417 g/mol. The number of aromatic nitrogens is 1. The molecule has 0 unspecified atom stereocenters. The van der Waals surface area contributed by atoms with E-state index in [4.69, 9.17) is 16.3 Å². The van der Waals surface area contributed by atoms with E-state index in [1.54, 1.807) is 42.7 Å². The molecule has 0 saturated carbocycles. The topological polar surface area (TPSA) is 97.4 Å². The third-order valence-corrected chi connectivity index (χ3v) is 5.42. The van der Waals surface area contributed by atoms with E-state index < -0.39 is 10.0 Å². The summed E-state index contributed by atoms with van der Waals surface area (Å²) in [5, 5.41) is 2.89. The lowest BCUT2D eigenvalue weighted by Gasteiger charge is -2.11. The van der Waals surface area contributed by atoms with E-state index in [2.05, 4.69) is 15.0 Å². The van der Waals surface area contributed by atoms with E-state index in [-0.39, 0.29) is 21.5 Å². The number of anilines is 2. The van der Waals surface area contributed by atoms with Crippen molar-refractivity contribution in [1.29, 1.82) is 0 Å². The molecule has 0 fully saturated rings. The molecule has 1 heterocycles. The zero-order chi connectivity index (χ0) is 20.1. The molecule has 144 valence electrons. The highest BCUT2D eigenvalue weighted by Crippen LogP contribution is 2.28. The van der Waals surface area contributed by atoms with E-state index in [1.165, 1.54) is 31.4 Å². The molecule has 0 atom stereocenters. The Morgan fingerprint density at radius 1 is 1.04 bits per heavy atom. The summed E-state index contributed by atoms with van der Waals surface area (Å²) in [6.07, 6.45) is 3.11. The number of pyridine rings is 1. The van der Waals surface area contributed by atoms with Gasteiger partial charge >= 0.3 is 0 Å². The molecule has 0 aliphatic heterocycles. The number of carbonyl (C=O) groups is 1. The average Bonchev–Trinajstić information content (AvgIpc) is 2.68. The quantitative estimate of drug-likeness (QED) is 0.635. The minimum atomic E-state index is -3.89. The molecule has 2 aromatic carbocycles. The summed E-state index contributed by atoms with van der Waals surface area (Å²) in [6, 6.07) is 13.6. The standard InChI is InChI=1S/C19H16ClN3O4S/c1-27-18-6-5-16(12-17(18)20)28(25,26)23-15-4-2-3-13(11-15)19(24)22-14-7-9-21-10-8-14/h2-12,23H,1H3,(H,21,22,24). The number of nitrogens with zero attached hydrogens (tertiary/aromatic N) is 1. The average molecular weight is 418 g/mol. The molecule has 2 N–H and O–H groups in total. The van der Waals surface area contributed by atoms with Gasteiger partial charge in [0, 0.05) is 29.3 Å². The van der Waals surface area contributed by atoms with Gasteiger partial charge in [-0.2, -0.15) is 0 Å². The van der Waals surface area contributed by atoms with Gasteiger partial charge in [-0.3, -0.25) is 14.5 Å². The number of sulfonamides is 1. The van der Waals surface area contributed by atoms with Gasteiger partial charge in [0.05, 0.1) is 17.0 Å². The number of nitrogens with one attached hydrogen (secondary N) is 2. The summed E-state index contributed by atoms with van der Waals surface area (Å²) in [4.78, 5) is 16.2. The third-order valence-electron chi connectivity index (χ3n) is 3.75. The second kappa shape index (κ2) is 8.28. The maximum atomic E-state index is 12.6. The molecule has 3 rings (SSSR count). The second-order valence-corrected chi connectivity index (χ2v) is 7.76. The molecule has 9 heteroatoms. The number of carbonyl (C=O) groups excluding carboxylic acids is 1. The minimum absolute atomic E-state index is 0.0232. The fourth-order valence-corrected chi connectivity index (χ4v) is 3.79. The number of halogens is 1. The molecule has 0 radical (unpaired) electrons. The van der Waals surface area contributed by atoms with Gasteiger partial charge in [-0.1, -0.05) is 17.7 Å². The Hall–Kier alpha value is -3.10. The first-order chi connectivity index (χ1) is 13.4. The lowest BCUT2D eigenvalue weighted by atomic mass is 10.2. The van der Waals surface area contributed by atoms with Crippen molar-refractivity contribution in [2.75, 3.05) is 17.1 Å². The van der Waals surface area contributed by atoms with Gasteiger partial charge in [-0.25, -0.2) is 8.42 Å². The van der Waals surface area contributed by atoms with Gasteiger partial charge in [0.1, 0.15) is 5.75 Å². The van der Waals surface area contributed by atoms with Crippen molar-refractivity contribution in [2.24, 2.45) is 0 Å². The largest absolute Gasteiger partial charge is 0.495 e. The minimum Gasteiger partial charge on any atom is -0.495 e. The van der Waals surface area contributed by atoms with E-state index in [1.807, 2.05) is 0 Å². The summed E-state index contributed by atoms with van der Waals surface area (Å²) in [5.74, 6) is -0.00450. The molecule has 0 spiro atoms. The van der Waals surface area contributed by atoms with Crippen LogP contribution >= 0.6 is 11.6 Å². The molecular weight excluding hydrogens is 402 g/mol. The fraction of sp³-hybridized carbons (Fsp3) is 0.0526. The lowest BCUT2D eigenvalue weighted by molar-refractivity contribution is 0.102. The van der Waals surface area contributed by atoms with Crippen LogP contribution in [0.1, 0.15) is 10.4 Å². The van der Waals surface area contributed by atoms with Crippen LogP contribution in [0.5, 0.6) is 5.75 Å². The van der Waals surface area contributed by atoms with Gasteiger partial charge in [-0.15, -0.1) is 0 Å². The Morgan fingerprint density at radius 2 is 1.79 bits per heavy atom. The van der Waals surface area contributed by atoms with Crippen LogP contribution in [-0.4, -0.2) is 26.4 Å². The SMILES string of the molecule is COc1ccc(S(=O)(=O)Nc2cccc(C(=O)Nc3ccncc3)c2)cc1Cl. The van der Waals surface area contributed by atoms with Gasteiger partial charge in [0.15, 0.2) is 0 Å². The number of hydrogen-bond acceptors (Lipinski definition) is 5. The molecule has 0 aliphatic rings. The summed E-state index contributed by atoms with van der Waals surface area (Å²) in [7, 11) is -2.45. The Balaban J connectivity index is 1.80. The molecular formula is C19H16ClN3O4S. The predicted molar refractivity (Wildman–Crippen MR) is 107 cm³/mol. The maximum Gasteiger partial charge on any atom is 0.261 e. The highest BCUT2D eigenvalue weighted by atomic mass is 35.5. The number of hydrogen-bond donors (Lipinski definition) is 2. The van der Waals surface area contributed by atoms with Crippen LogP contribution in [0.3, 0.4) is 0 Å². The molecule has 0 aliphatic carbocycles. The van der Waals surface area contributed by atoms with E-state index in [0.717, 1.165) is 0 Å². The Labute approximate surface area is 167 Å². The zero-order valence-corrected chi connectivity index (χ0v) is 16.3. The van der Waals surface area contributed by atoms with Crippen LogP contribution in [0.2, 0.25) is 5.02 Å². The number of benzene rings is 2. The molecule has 0 bridgehead atoms. The highest BCUT2D eigenvalue weighted by Gasteiger charge is 2.17. The zero-order valence-electron chi connectivity index (χ0n) is 14.7. The van der Waals surface area contributed by atoms with Crippen LogP contribution in [0, 0.1) is 0 Å². The smallest absolute Gasteiger partial charge is 0.261 e. The maximum absolute atomic E-state index is 12.6. The first kappa shape index (κ1) is 19.7. The van der Waals surface area contributed by atoms with Crippen LogP contribution in [0.4, 0.5) is 11.4 Å². The van der Waals surface area contributed by atoms with Crippen molar-refractivity contribution >= 4 is 38.9 Å². The summed E-state index contributed by atoms with van der Waals surface area (Å²) < 4.78 is 32.7. The van der Waals surface area contributed by atoms with Crippen molar-refractivity contribution in [3.8, 4) is 5.75 Å². The first-order valence-corrected chi connectivity index (χ1v) is 9.93. The number of methoxy groups -OCH3 is 1. The van der Waals surface area contributed by atoms with Crippen molar-refractivity contribution in [2.45, 2.75) is 4.90 Å². The Bertz CT molecular complexity index is 1110. The van der Waals surface area contributed by atoms with Gasteiger partial charge in [0.2, 0.25) is 0 Å². The Kier molecular flexibility index (Phi) is 5.81. The van der Waals surface area contributed by atoms with Gasteiger partial charge < -0.3 is 10.1 Å². The third kappa shape index (κ3) is 4.59. The highest BCUT2D eigenvalue weighted by molar-refractivity contribution is 7.92. The second-order valence-electron chi connectivity index (χ2n) is 5.67. The fourth-order valence-electron chi connectivity index (χ4n) is 2.39. The number of rotatable bonds is 6. The summed E-state index contributed by atoms with van der Waals surface area (Å²) in [5.41, 5.74) is 1.12. The van der Waals surface area contributed by atoms with Crippen molar-refractivity contribution in [1.82, 2.24) is 4.98 Å². The summed E-state index contributed by atoms with van der Waals surface area (Å²) in [6.45, 7) is 0. The first-order valence-electron chi connectivity index (χ1n) is 8.07. The lowest BCUT2D eigenvalue weighted by Crippen LogP contribution is -2.15. The van der Waals surface area contributed by atoms with E-state index in [9.17, 15) is 13.2 Å². The molecule has 28 heavy (non-hydrogen) atoms. The van der Waals surface area contributed by atoms with Gasteiger partial charge in [-0.05, 0) is 48.5 Å². The van der Waals surface area contributed by atoms with Crippen LogP contribution < -0.4 is 14.8 Å². The normalized spacial score (nSPS) is 10.9. The molecule has 1 amide bonds. The van der Waals surface area contributed by atoms with Crippen LogP contribution in [0.25, 0.3) is 0 Å². The molecule has 0 saturated heterocycles. The summed E-state index contributed by atoms with van der Waals surface area (Å²) >= 11 is 6.01. The van der Waals surface area contributed by atoms with E-state index in [0.29, 0.717) is 17.0 Å². The van der Waals surface area contributed by atoms with Crippen molar-refractivity contribution in [3.05, 3.63) is 77.6 Å².